The SMILES string of the molecule is Cc1ccnc(Nc2ncnc(N(Cc3ccccc3)c3ccccn3)c2N)c1. The normalized spacial score (nSPS) is 10.5. The lowest BCUT2D eigenvalue weighted by Gasteiger charge is -2.24. The molecule has 0 bridgehead atoms. The molecule has 4 rings (SSSR count). The van der Waals surface area contributed by atoms with Crippen LogP contribution in [-0.2, 0) is 6.54 Å². The number of anilines is 5. The average molecular weight is 383 g/mol. The van der Waals surface area contributed by atoms with E-state index in [9.17, 15) is 0 Å². The van der Waals surface area contributed by atoms with E-state index in [1.165, 1.54) is 6.33 Å². The summed E-state index contributed by atoms with van der Waals surface area (Å²) in [6, 6.07) is 19.7. The molecule has 0 aliphatic carbocycles. The summed E-state index contributed by atoms with van der Waals surface area (Å²) in [4.78, 5) is 19.6. The highest BCUT2D eigenvalue weighted by Crippen LogP contribution is 2.33. The van der Waals surface area contributed by atoms with Crippen molar-refractivity contribution in [3.05, 3.63) is 90.5 Å². The van der Waals surface area contributed by atoms with Gasteiger partial charge in [0.2, 0.25) is 0 Å². The maximum absolute atomic E-state index is 6.48. The number of aryl methyl sites for hydroxylation is 1. The maximum Gasteiger partial charge on any atom is 0.163 e. The van der Waals surface area contributed by atoms with Gasteiger partial charge >= 0.3 is 0 Å². The zero-order valence-corrected chi connectivity index (χ0v) is 16.0. The van der Waals surface area contributed by atoms with E-state index >= 15 is 0 Å². The van der Waals surface area contributed by atoms with Gasteiger partial charge in [0, 0.05) is 12.4 Å². The standard InChI is InChI=1S/C22H21N7/c1-16-10-12-24-18(13-16)28-21-20(23)22(27-15-26-21)29(19-9-5-6-11-25-19)14-17-7-3-2-4-8-17/h2-13,15H,14,23H2,1H3,(H,24,26,27,28). The molecule has 1 aromatic carbocycles. The van der Waals surface area contributed by atoms with E-state index in [4.69, 9.17) is 5.73 Å². The summed E-state index contributed by atoms with van der Waals surface area (Å²) in [6.07, 6.45) is 4.98. The van der Waals surface area contributed by atoms with Gasteiger partial charge in [0.15, 0.2) is 11.6 Å². The third kappa shape index (κ3) is 4.30. The molecule has 0 aliphatic rings. The molecule has 7 nitrogen and oxygen atoms in total. The van der Waals surface area contributed by atoms with Crippen LogP contribution in [0.25, 0.3) is 0 Å². The van der Waals surface area contributed by atoms with Crippen LogP contribution in [0.15, 0.2) is 79.4 Å². The van der Waals surface area contributed by atoms with Crippen LogP contribution in [-0.4, -0.2) is 19.9 Å². The van der Waals surface area contributed by atoms with Gasteiger partial charge < -0.3 is 16.0 Å². The van der Waals surface area contributed by atoms with E-state index in [1.54, 1.807) is 12.4 Å². The summed E-state index contributed by atoms with van der Waals surface area (Å²) < 4.78 is 0. The number of nitrogen functional groups attached to an aromatic ring is 1. The summed E-state index contributed by atoms with van der Waals surface area (Å²) in [5, 5.41) is 3.19. The molecule has 0 radical (unpaired) electrons. The fourth-order valence-corrected chi connectivity index (χ4v) is 2.97. The first-order chi connectivity index (χ1) is 14.2. The minimum Gasteiger partial charge on any atom is -0.393 e. The van der Waals surface area contributed by atoms with Gasteiger partial charge in [-0.1, -0.05) is 36.4 Å². The molecule has 0 fully saturated rings. The smallest absolute Gasteiger partial charge is 0.163 e. The minimum absolute atomic E-state index is 0.428. The number of nitrogens with two attached hydrogens (primary N) is 1. The molecule has 0 spiro atoms. The molecule has 0 aliphatic heterocycles. The third-order valence-electron chi connectivity index (χ3n) is 4.39. The Kier molecular flexibility index (Phi) is 5.29. The third-order valence-corrected chi connectivity index (χ3v) is 4.39. The van der Waals surface area contributed by atoms with Gasteiger partial charge in [-0.2, -0.15) is 0 Å². The van der Waals surface area contributed by atoms with E-state index in [0.717, 1.165) is 16.9 Å². The Bertz CT molecular complexity index is 1080. The fraction of sp³-hybridized carbons (Fsp3) is 0.0909. The maximum atomic E-state index is 6.48. The molecule has 0 atom stereocenters. The zero-order valence-electron chi connectivity index (χ0n) is 16.0. The van der Waals surface area contributed by atoms with Crippen LogP contribution in [0.5, 0.6) is 0 Å². The van der Waals surface area contributed by atoms with E-state index < -0.39 is 0 Å². The number of aromatic nitrogens is 4. The van der Waals surface area contributed by atoms with Crippen molar-refractivity contribution in [2.24, 2.45) is 0 Å². The van der Waals surface area contributed by atoms with Crippen molar-refractivity contribution in [2.45, 2.75) is 13.5 Å². The molecule has 144 valence electrons. The van der Waals surface area contributed by atoms with E-state index in [1.807, 2.05) is 60.4 Å². The first-order valence-corrected chi connectivity index (χ1v) is 9.23. The number of pyridine rings is 2. The van der Waals surface area contributed by atoms with Crippen molar-refractivity contribution in [3.8, 4) is 0 Å². The Labute approximate surface area is 169 Å². The Morgan fingerprint density at radius 2 is 1.72 bits per heavy atom. The number of benzene rings is 1. The summed E-state index contributed by atoms with van der Waals surface area (Å²) in [5.41, 5.74) is 9.11. The first-order valence-electron chi connectivity index (χ1n) is 9.23. The highest BCUT2D eigenvalue weighted by atomic mass is 15.3. The molecular weight excluding hydrogens is 362 g/mol. The molecule has 29 heavy (non-hydrogen) atoms. The number of hydrogen-bond acceptors (Lipinski definition) is 7. The van der Waals surface area contributed by atoms with Crippen LogP contribution < -0.4 is 16.0 Å². The highest BCUT2D eigenvalue weighted by molar-refractivity contribution is 5.80. The van der Waals surface area contributed by atoms with Gasteiger partial charge in [-0.25, -0.2) is 19.9 Å². The summed E-state index contributed by atoms with van der Waals surface area (Å²) in [5.74, 6) is 2.51. The Morgan fingerprint density at radius 3 is 2.48 bits per heavy atom. The summed E-state index contributed by atoms with van der Waals surface area (Å²) in [7, 11) is 0. The molecular formula is C22H21N7. The molecule has 3 N–H and O–H groups in total. The predicted molar refractivity (Wildman–Crippen MR) is 115 cm³/mol. The lowest BCUT2D eigenvalue weighted by atomic mass is 10.2. The van der Waals surface area contributed by atoms with Crippen LogP contribution in [0.2, 0.25) is 0 Å². The van der Waals surface area contributed by atoms with Crippen molar-refractivity contribution in [1.29, 1.82) is 0 Å². The van der Waals surface area contributed by atoms with Crippen LogP contribution in [0.4, 0.5) is 29.0 Å². The van der Waals surface area contributed by atoms with Crippen LogP contribution >= 0.6 is 0 Å². The molecule has 0 saturated carbocycles. The molecule has 0 unspecified atom stereocenters. The van der Waals surface area contributed by atoms with E-state index in [0.29, 0.717) is 29.7 Å². The highest BCUT2D eigenvalue weighted by Gasteiger charge is 2.18. The number of hydrogen-bond donors (Lipinski definition) is 2. The van der Waals surface area contributed by atoms with Crippen LogP contribution in [0, 0.1) is 6.92 Å². The van der Waals surface area contributed by atoms with Gasteiger partial charge in [0.1, 0.15) is 23.7 Å². The van der Waals surface area contributed by atoms with Crippen molar-refractivity contribution in [3.63, 3.8) is 0 Å². The Hall–Kier alpha value is -4.00. The molecule has 4 aromatic rings. The molecule has 0 amide bonds. The summed E-state index contributed by atoms with van der Waals surface area (Å²) in [6.45, 7) is 2.57. The largest absolute Gasteiger partial charge is 0.393 e. The van der Waals surface area contributed by atoms with Crippen LogP contribution in [0.3, 0.4) is 0 Å². The molecule has 7 heteroatoms. The lowest BCUT2D eigenvalue weighted by molar-refractivity contribution is 0.918. The monoisotopic (exact) mass is 383 g/mol. The molecule has 3 aromatic heterocycles. The number of nitrogens with zero attached hydrogens (tertiary/aromatic N) is 5. The van der Waals surface area contributed by atoms with Gasteiger partial charge in [-0.15, -0.1) is 0 Å². The second-order valence-electron chi connectivity index (χ2n) is 6.56. The van der Waals surface area contributed by atoms with Crippen molar-refractivity contribution in [2.75, 3.05) is 16.0 Å². The second-order valence-corrected chi connectivity index (χ2v) is 6.56. The van der Waals surface area contributed by atoms with Crippen molar-refractivity contribution < 1.29 is 0 Å². The van der Waals surface area contributed by atoms with Gasteiger partial charge in [-0.3, -0.25) is 0 Å². The van der Waals surface area contributed by atoms with Gasteiger partial charge in [0.05, 0.1) is 6.54 Å². The predicted octanol–water partition coefficient (Wildman–Crippen LogP) is 4.24. The molecule has 3 heterocycles. The topological polar surface area (TPSA) is 92.9 Å². The Morgan fingerprint density at radius 1 is 0.897 bits per heavy atom. The van der Waals surface area contributed by atoms with E-state index in [-0.39, 0.29) is 0 Å². The summed E-state index contributed by atoms with van der Waals surface area (Å²) >= 11 is 0. The Balaban J connectivity index is 1.72. The number of rotatable bonds is 6. The van der Waals surface area contributed by atoms with Crippen LogP contribution in [0.1, 0.15) is 11.1 Å². The first kappa shape index (κ1) is 18.4. The molecule has 0 saturated heterocycles. The quantitative estimate of drug-likeness (QED) is 0.514. The second kappa shape index (κ2) is 8.35. The van der Waals surface area contributed by atoms with E-state index in [2.05, 4.69) is 37.4 Å². The lowest BCUT2D eigenvalue weighted by Crippen LogP contribution is -2.21. The minimum atomic E-state index is 0.428. The number of nitrogens with one attached hydrogen (secondary N) is 1. The zero-order chi connectivity index (χ0) is 20.1. The van der Waals surface area contributed by atoms with Gasteiger partial charge in [0.25, 0.3) is 0 Å². The van der Waals surface area contributed by atoms with Gasteiger partial charge in [-0.05, 0) is 42.3 Å². The van der Waals surface area contributed by atoms with Crippen molar-refractivity contribution >= 4 is 29.0 Å². The van der Waals surface area contributed by atoms with Crippen molar-refractivity contribution in [1.82, 2.24) is 19.9 Å². The average Bonchev–Trinajstić information content (AvgIpc) is 2.75. The fourth-order valence-electron chi connectivity index (χ4n) is 2.97.